The monoisotopic (exact) mass is 334 g/mol. The average molecular weight is 334 g/mol. The predicted molar refractivity (Wildman–Crippen MR) is 68.7 cm³/mol. The lowest BCUT2D eigenvalue weighted by molar-refractivity contribution is -0.287. The number of halogens is 5. The van der Waals surface area contributed by atoms with Gasteiger partial charge in [0.25, 0.3) is 0 Å². The second-order valence-electron chi connectivity index (χ2n) is 4.47. The molecule has 0 saturated heterocycles. The molecule has 22 heavy (non-hydrogen) atoms. The minimum absolute atomic E-state index is 0.0830. The summed E-state index contributed by atoms with van der Waals surface area (Å²) in [5.74, 6) is -4.85. The number of rotatable bonds is 3. The summed E-state index contributed by atoms with van der Waals surface area (Å²) in [6.45, 7) is 0.0830. The van der Waals surface area contributed by atoms with E-state index in [-0.39, 0.29) is 6.54 Å². The maximum Gasteiger partial charge on any atom is 0.458 e. The number of aromatic nitrogens is 4. The van der Waals surface area contributed by atoms with Crippen molar-refractivity contribution in [2.24, 2.45) is 0 Å². The van der Waals surface area contributed by atoms with Gasteiger partial charge in [0.15, 0.2) is 11.3 Å². The third-order valence-corrected chi connectivity index (χ3v) is 3.97. The highest BCUT2D eigenvalue weighted by Crippen LogP contribution is 2.46. The van der Waals surface area contributed by atoms with Crippen LogP contribution in [0.15, 0.2) is 30.2 Å². The Morgan fingerprint density at radius 1 is 1.05 bits per heavy atom. The zero-order chi connectivity index (χ0) is 16.0. The van der Waals surface area contributed by atoms with E-state index in [4.69, 9.17) is 0 Å². The zero-order valence-electron chi connectivity index (χ0n) is 10.7. The third kappa shape index (κ3) is 2.43. The summed E-state index contributed by atoms with van der Waals surface area (Å²) in [5.41, 5.74) is 1.12. The first-order valence-electron chi connectivity index (χ1n) is 5.93. The van der Waals surface area contributed by atoms with Gasteiger partial charge < -0.3 is 4.57 Å². The largest absolute Gasteiger partial charge is 0.458 e. The summed E-state index contributed by atoms with van der Waals surface area (Å²) in [5, 5.41) is 1.26. The lowest BCUT2D eigenvalue weighted by Gasteiger charge is -2.17. The highest BCUT2D eigenvalue weighted by molar-refractivity contribution is 7.10. The molecule has 0 amide bonds. The van der Waals surface area contributed by atoms with Crippen LogP contribution in [0.4, 0.5) is 22.0 Å². The van der Waals surface area contributed by atoms with Crippen LogP contribution in [0.1, 0.15) is 10.4 Å². The molecule has 0 atom stereocenters. The highest BCUT2D eigenvalue weighted by atomic mass is 32.1. The van der Waals surface area contributed by atoms with E-state index < -0.39 is 17.0 Å². The fraction of sp³-hybridized carbons (Fsp3) is 0.250. The topological polar surface area (TPSA) is 43.6 Å². The molecule has 3 aromatic heterocycles. The van der Waals surface area contributed by atoms with Crippen LogP contribution in [0.3, 0.4) is 0 Å². The molecule has 0 N–H and O–H groups in total. The summed E-state index contributed by atoms with van der Waals surface area (Å²) in [7, 11) is 0. The fourth-order valence-electron chi connectivity index (χ4n) is 1.87. The molecule has 0 aliphatic rings. The Balaban J connectivity index is 1.89. The van der Waals surface area contributed by atoms with E-state index in [2.05, 4.69) is 15.0 Å². The van der Waals surface area contributed by atoms with Crippen molar-refractivity contribution in [3.63, 3.8) is 0 Å². The Labute approximate surface area is 124 Å². The van der Waals surface area contributed by atoms with Crippen molar-refractivity contribution in [3.8, 4) is 0 Å². The molecule has 116 valence electrons. The van der Waals surface area contributed by atoms with E-state index in [1.807, 2.05) is 0 Å². The normalized spacial score (nSPS) is 13.0. The molecular formula is C12H7F5N4S. The van der Waals surface area contributed by atoms with Crippen LogP contribution in [0.2, 0.25) is 0 Å². The van der Waals surface area contributed by atoms with E-state index in [1.54, 1.807) is 0 Å². The lowest BCUT2D eigenvalue weighted by atomic mass is 10.2. The number of nitrogens with zero attached hydrogens (tertiary/aromatic N) is 4. The number of fused-ring (bicyclic) bond motifs is 1. The molecule has 4 nitrogen and oxygen atoms in total. The summed E-state index contributed by atoms with van der Waals surface area (Å²) in [4.78, 5) is 10.9. The van der Waals surface area contributed by atoms with Crippen LogP contribution in [-0.2, 0) is 12.5 Å². The molecule has 0 aromatic carbocycles. The highest BCUT2D eigenvalue weighted by Gasteiger charge is 2.59. The van der Waals surface area contributed by atoms with Gasteiger partial charge in [-0.1, -0.05) is 0 Å². The Bertz CT molecular complexity index is 807. The van der Waals surface area contributed by atoms with Crippen molar-refractivity contribution in [1.82, 2.24) is 19.5 Å². The van der Waals surface area contributed by atoms with Crippen LogP contribution in [-0.4, -0.2) is 25.7 Å². The number of hydrogen-bond donors (Lipinski definition) is 0. The number of hydrogen-bond acceptors (Lipinski definition) is 4. The minimum atomic E-state index is -5.61. The van der Waals surface area contributed by atoms with E-state index in [1.165, 1.54) is 28.7 Å². The third-order valence-electron chi connectivity index (χ3n) is 2.92. The number of imidazole rings is 1. The molecule has 0 spiro atoms. The molecule has 3 heterocycles. The first-order chi connectivity index (χ1) is 10.3. The van der Waals surface area contributed by atoms with E-state index >= 15 is 0 Å². The molecular weight excluding hydrogens is 327 g/mol. The van der Waals surface area contributed by atoms with Gasteiger partial charge in [-0.2, -0.15) is 22.0 Å². The lowest BCUT2D eigenvalue weighted by Crippen LogP contribution is -2.32. The number of alkyl halides is 5. The van der Waals surface area contributed by atoms with Crippen molar-refractivity contribution in [2.45, 2.75) is 18.6 Å². The zero-order valence-corrected chi connectivity index (χ0v) is 11.5. The van der Waals surface area contributed by atoms with Crippen molar-refractivity contribution in [3.05, 3.63) is 40.6 Å². The smallest absolute Gasteiger partial charge is 0.309 e. The van der Waals surface area contributed by atoms with Gasteiger partial charge in [0, 0.05) is 12.4 Å². The van der Waals surface area contributed by atoms with Crippen LogP contribution < -0.4 is 0 Å². The molecule has 3 rings (SSSR count). The molecule has 0 saturated carbocycles. The summed E-state index contributed by atoms with van der Waals surface area (Å²) >= 11 is 0.371. The van der Waals surface area contributed by atoms with Crippen molar-refractivity contribution in [2.75, 3.05) is 0 Å². The van der Waals surface area contributed by atoms with Gasteiger partial charge in [-0.25, -0.2) is 15.0 Å². The Kier molecular flexibility index (Phi) is 3.35. The standard InChI is InChI=1S/C12H7F5N4S/c13-11(14,12(15,16)17)8-3-7(5-22-8)4-21-6-20-9-10(21)19-2-1-18-9/h1-3,5-6H,4H2. The maximum absolute atomic E-state index is 13.3. The van der Waals surface area contributed by atoms with Crippen molar-refractivity contribution < 1.29 is 22.0 Å². The summed E-state index contributed by atoms with van der Waals surface area (Å²) in [6, 6.07) is 0.848. The van der Waals surface area contributed by atoms with Gasteiger partial charge in [-0.05, 0) is 17.0 Å². The Hall–Kier alpha value is -2.10. The molecule has 0 unspecified atom stereocenters. The van der Waals surface area contributed by atoms with E-state index in [0.717, 1.165) is 6.07 Å². The van der Waals surface area contributed by atoms with E-state index in [9.17, 15) is 22.0 Å². The van der Waals surface area contributed by atoms with Crippen LogP contribution in [0.25, 0.3) is 11.3 Å². The minimum Gasteiger partial charge on any atom is -0.309 e. The van der Waals surface area contributed by atoms with Gasteiger partial charge in [0.1, 0.15) is 0 Å². The second kappa shape index (κ2) is 4.97. The molecule has 0 fully saturated rings. The molecule has 0 radical (unpaired) electrons. The average Bonchev–Trinajstić information content (AvgIpc) is 3.06. The van der Waals surface area contributed by atoms with Crippen LogP contribution in [0.5, 0.6) is 0 Å². The predicted octanol–water partition coefficient (Wildman–Crippen LogP) is 3.59. The SMILES string of the molecule is FC(F)(F)C(F)(F)c1cc(Cn2cnc3nccnc32)cs1. The second-order valence-corrected chi connectivity index (χ2v) is 5.38. The van der Waals surface area contributed by atoms with Crippen molar-refractivity contribution in [1.29, 1.82) is 0 Å². The first-order valence-corrected chi connectivity index (χ1v) is 6.81. The van der Waals surface area contributed by atoms with Gasteiger partial charge in [0.2, 0.25) is 0 Å². The quantitative estimate of drug-likeness (QED) is 0.688. The van der Waals surface area contributed by atoms with Gasteiger partial charge >= 0.3 is 12.1 Å². The van der Waals surface area contributed by atoms with E-state index in [0.29, 0.717) is 28.2 Å². The summed E-state index contributed by atoms with van der Waals surface area (Å²) in [6.07, 6.45) is -1.31. The molecule has 3 aromatic rings. The molecule has 0 aliphatic carbocycles. The first kappa shape index (κ1) is 14.8. The van der Waals surface area contributed by atoms with Gasteiger partial charge in [-0.3, -0.25) is 0 Å². The Morgan fingerprint density at radius 2 is 1.77 bits per heavy atom. The van der Waals surface area contributed by atoms with Crippen LogP contribution >= 0.6 is 11.3 Å². The maximum atomic E-state index is 13.3. The summed E-state index contributed by atoms with van der Waals surface area (Å²) < 4.78 is 65.0. The van der Waals surface area contributed by atoms with Crippen LogP contribution in [0, 0.1) is 0 Å². The fourth-order valence-corrected chi connectivity index (χ4v) is 2.78. The van der Waals surface area contributed by atoms with Gasteiger partial charge in [0.05, 0.1) is 17.7 Å². The Morgan fingerprint density at radius 3 is 2.50 bits per heavy atom. The molecule has 0 bridgehead atoms. The van der Waals surface area contributed by atoms with Gasteiger partial charge in [-0.15, -0.1) is 11.3 Å². The van der Waals surface area contributed by atoms with Crippen molar-refractivity contribution >= 4 is 22.6 Å². The molecule has 10 heteroatoms. The number of thiophene rings is 1. The molecule has 0 aliphatic heterocycles.